The van der Waals surface area contributed by atoms with Gasteiger partial charge in [0.2, 0.25) is 0 Å². The lowest BCUT2D eigenvalue weighted by Gasteiger charge is -2.28. The second-order valence-electron chi connectivity index (χ2n) is 17.8. The number of rotatable bonds is 46. The molecule has 0 saturated heterocycles. The number of allylic oxidation sites excluding steroid dienone is 4. The van der Waals surface area contributed by atoms with Gasteiger partial charge in [-0.05, 0) is 44.9 Å². The lowest BCUT2D eigenvalue weighted by molar-refractivity contribution is -0.870. The molecule has 0 fully saturated rings. The van der Waals surface area contributed by atoms with Crippen molar-refractivity contribution in [2.75, 3.05) is 54.1 Å². The zero-order valence-corrected chi connectivity index (χ0v) is 39.9. The normalized spacial score (nSPS) is 13.8. The Kier molecular flexibility index (Phi) is 41.9. The van der Waals surface area contributed by atoms with Crippen LogP contribution < -0.4 is 4.89 Å². The first-order valence-corrected chi connectivity index (χ1v) is 26.0. The van der Waals surface area contributed by atoms with Gasteiger partial charge in [-0.15, -0.1) is 0 Å². The third kappa shape index (κ3) is 46.1. The number of likely N-dealkylation sites (N-methyl/N-ethyl adjacent to an activating group) is 1. The maximum atomic E-state index is 12.7. The van der Waals surface area contributed by atoms with Crippen LogP contribution in [0, 0.1) is 0 Å². The Labute approximate surface area is 360 Å². The van der Waals surface area contributed by atoms with Crippen LogP contribution >= 0.6 is 7.82 Å². The number of hydrogen-bond acceptors (Lipinski definition) is 7. The molecule has 2 atom stereocenters. The molecule has 0 aliphatic heterocycles. The molecule has 2 unspecified atom stereocenters. The number of nitrogens with zero attached hydrogens (tertiary/aromatic N) is 1. The molecule has 0 aliphatic carbocycles. The minimum absolute atomic E-state index is 0.0260. The summed E-state index contributed by atoms with van der Waals surface area (Å²) in [5.41, 5.74) is 0. The Balaban J connectivity index is 4.15. The summed E-state index contributed by atoms with van der Waals surface area (Å²) in [6.45, 7) is 5.40. The molecule has 0 saturated carbocycles. The molecule has 0 aromatic heterocycles. The fourth-order valence-electron chi connectivity index (χ4n) is 6.93. The van der Waals surface area contributed by atoms with E-state index in [-0.39, 0.29) is 25.8 Å². The molecular weight excluding hydrogens is 746 g/mol. The average Bonchev–Trinajstić information content (AvgIpc) is 3.18. The average molecular weight is 842 g/mol. The first-order valence-electron chi connectivity index (χ1n) is 24.6. The molecule has 0 amide bonds. The zero-order chi connectivity index (χ0) is 42.7. The third-order valence-corrected chi connectivity index (χ3v) is 11.7. The van der Waals surface area contributed by atoms with Crippen molar-refractivity contribution < 1.29 is 37.3 Å². The Morgan fingerprint density at radius 2 is 0.948 bits per heavy atom. The van der Waals surface area contributed by atoms with E-state index in [1.54, 1.807) is 0 Å². The summed E-state index contributed by atoms with van der Waals surface area (Å²) in [7, 11) is 1.36. The minimum Gasteiger partial charge on any atom is -0.756 e. The van der Waals surface area contributed by atoms with E-state index in [4.69, 9.17) is 18.5 Å². The fraction of sp³-hybridized carbons (Fsp3) is 0.898. The number of carbonyl (C=O) groups excluding carboxylic acids is 1. The van der Waals surface area contributed by atoms with E-state index >= 15 is 0 Å². The predicted octanol–water partition coefficient (Wildman–Crippen LogP) is 14.1. The summed E-state index contributed by atoms with van der Waals surface area (Å²) in [5, 5.41) is 0. The van der Waals surface area contributed by atoms with Gasteiger partial charge in [-0.25, -0.2) is 0 Å². The third-order valence-electron chi connectivity index (χ3n) is 10.8. The Morgan fingerprint density at radius 3 is 1.43 bits per heavy atom. The van der Waals surface area contributed by atoms with E-state index in [1.807, 2.05) is 21.1 Å². The quantitative estimate of drug-likeness (QED) is 0.0198. The van der Waals surface area contributed by atoms with Gasteiger partial charge in [0.1, 0.15) is 19.3 Å². The Bertz CT molecular complexity index is 983. The topological polar surface area (TPSA) is 94.1 Å². The standard InChI is InChI=1S/C49H96NO7P/c1-6-8-10-12-14-16-18-20-22-24-25-26-27-28-30-32-34-36-38-40-42-49(51)57-48(47-56-58(52,53)55-45-43-50(3,4)5)46-54-44-41-39-37-35-33-31-29-23-21-19-17-15-13-11-9-7-2/h15,17,21,23,48H,6-14,16,18-20,22,24-47H2,1-5H3/b17-15-,23-21-. The van der Waals surface area contributed by atoms with Crippen LogP contribution in [0.15, 0.2) is 24.3 Å². The van der Waals surface area contributed by atoms with Gasteiger partial charge in [0.05, 0.1) is 34.4 Å². The van der Waals surface area contributed by atoms with Gasteiger partial charge in [-0.1, -0.05) is 199 Å². The number of unbranched alkanes of at least 4 members (excludes halogenated alkanes) is 28. The maximum Gasteiger partial charge on any atom is 0.306 e. The van der Waals surface area contributed by atoms with E-state index in [0.29, 0.717) is 24.1 Å². The second-order valence-corrected chi connectivity index (χ2v) is 19.2. The SMILES string of the molecule is CCCCC/C=C\C/C=C\CCCCCCCCOCC(COP(=O)([O-])OCC[N+](C)(C)C)OC(=O)CCCCCCCCCCCCCCCCCCCCCC. The second kappa shape index (κ2) is 42.7. The molecular formula is C49H96NO7P. The molecule has 0 N–H and O–H groups in total. The van der Waals surface area contributed by atoms with Crippen LogP contribution in [0.4, 0.5) is 0 Å². The van der Waals surface area contributed by atoms with Crippen LogP contribution in [0.25, 0.3) is 0 Å². The van der Waals surface area contributed by atoms with Gasteiger partial charge >= 0.3 is 5.97 Å². The van der Waals surface area contributed by atoms with Crippen molar-refractivity contribution >= 4 is 13.8 Å². The summed E-state index contributed by atoms with van der Waals surface area (Å²) in [6.07, 6.45) is 49.1. The molecule has 0 heterocycles. The number of quaternary nitrogens is 1. The van der Waals surface area contributed by atoms with Crippen molar-refractivity contribution in [1.29, 1.82) is 0 Å². The predicted molar refractivity (Wildman–Crippen MR) is 245 cm³/mol. The number of hydrogen-bond donors (Lipinski definition) is 0. The van der Waals surface area contributed by atoms with E-state index < -0.39 is 13.9 Å². The first kappa shape index (κ1) is 57.0. The van der Waals surface area contributed by atoms with Gasteiger partial charge < -0.3 is 27.9 Å². The smallest absolute Gasteiger partial charge is 0.306 e. The largest absolute Gasteiger partial charge is 0.756 e. The van der Waals surface area contributed by atoms with Crippen molar-refractivity contribution in [3.63, 3.8) is 0 Å². The highest BCUT2D eigenvalue weighted by Crippen LogP contribution is 2.38. The molecule has 58 heavy (non-hydrogen) atoms. The lowest BCUT2D eigenvalue weighted by atomic mass is 10.0. The molecule has 0 rings (SSSR count). The minimum atomic E-state index is -4.53. The molecule has 344 valence electrons. The maximum absolute atomic E-state index is 12.7. The summed E-state index contributed by atoms with van der Waals surface area (Å²) >= 11 is 0. The van der Waals surface area contributed by atoms with E-state index in [0.717, 1.165) is 44.9 Å². The molecule has 8 nitrogen and oxygen atoms in total. The van der Waals surface area contributed by atoms with E-state index in [1.165, 1.54) is 161 Å². The Morgan fingerprint density at radius 1 is 0.534 bits per heavy atom. The summed E-state index contributed by atoms with van der Waals surface area (Å²) in [4.78, 5) is 25.1. The Hall–Kier alpha value is -1.02. The van der Waals surface area contributed by atoms with Gasteiger partial charge in [-0.2, -0.15) is 0 Å². The molecule has 0 bridgehead atoms. The van der Waals surface area contributed by atoms with Crippen LogP contribution in [0.5, 0.6) is 0 Å². The molecule has 0 aliphatic rings. The molecule has 0 spiro atoms. The van der Waals surface area contributed by atoms with Gasteiger partial charge in [0.15, 0.2) is 0 Å². The highest BCUT2D eigenvalue weighted by Gasteiger charge is 2.20. The summed E-state index contributed by atoms with van der Waals surface area (Å²) in [5.74, 6) is -0.333. The van der Waals surface area contributed by atoms with Crippen molar-refractivity contribution in [2.45, 2.75) is 232 Å². The number of phosphoric acid groups is 1. The van der Waals surface area contributed by atoms with Gasteiger partial charge in [0, 0.05) is 13.0 Å². The monoisotopic (exact) mass is 842 g/mol. The summed E-state index contributed by atoms with van der Waals surface area (Å²) in [6, 6.07) is 0. The highest BCUT2D eigenvalue weighted by molar-refractivity contribution is 7.45. The molecule has 0 radical (unpaired) electrons. The first-order chi connectivity index (χ1) is 28.1. The van der Waals surface area contributed by atoms with Crippen molar-refractivity contribution in [2.24, 2.45) is 0 Å². The lowest BCUT2D eigenvalue weighted by Crippen LogP contribution is -2.37. The number of ether oxygens (including phenoxy) is 2. The zero-order valence-electron chi connectivity index (χ0n) is 39.0. The van der Waals surface area contributed by atoms with Gasteiger partial charge in [-0.3, -0.25) is 9.36 Å². The number of esters is 1. The van der Waals surface area contributed by atoms with Crippen LogP contribution in [0.1, 0.15) is 226 Å². The van der Waals surface area contributed by atoms with Crippen LogP contribution in [0.2, 0.25) is 0 Å². The van der Waals surface area contributed by atoms with Crippen LogP contribution in [-0.2, 0) is 27.9 Å². The van der Waals surface area contributed by atoms with Crippen molar-refractivity contribution in [3.8, 4) is 0 Å². The van der Waals surface area contributed by atoms with Crippen LogP contribution in [-0.4, -0.2) is 70.7 Å². The van der Waals surface area contributed by atoms with Crippen LogP contribution in [0.3, 0.4) is 0 Å². The van der Waals surface area contributed by atoms with Crippen molar-refractivity contribution in [3.05, 3.63) is 24.3 Å². The molecule has 0 aromatic rings. The van der Waals surface area contributed by atoms with E-state index in [9.17, 15) is 14.3 Å². The molecule has 0 aromatic carbocycles. The van der Waals surface area contributed by atoms with E-state index in [2.05, 4.69) is 38.2 Å². The van der Waals surface area contributed by atoms with Crippen molar-refractivity contribution in [1.82, 2.24) is 0 Å². The van der Waals surface area contributed by atoms with Gasteiger partial charge in [0.25, 0.3) is 7.82 Å². The highest BCUT2D eigenvalue weighted by atomic mass is 31.2. The number of carbonyl (C=O) groups is 1. The summed E-state index contributed by atoms with van der Waals surface area (Å²) < 4.78 is 34.7. The number of phosphoric ester groups is 1. The fourth-order valence-corrected chi connectivity index (χ4v) is 7.66. The molecule has 9 heteroatoms.